The van der Waals surface area contributed by atoms with Gasteiger partial charge in [-0.3, -0.25) is 9.69 Å². The molecule has 0 bridgehead atoms. The van der Waals surface area contributed by atoms with Crippen molar-refractivity contribution >= 4 is 5.91 Å². The third-order valence-corrected chi connectivity index (χ3v) is 4.54. The van der Waals surface area contributed by atoms with Gasteiger partial charge in [0, 0.05) is 38.7 Å². The van der Waals surface area contributed by atoms with Crippen LogP contribution < -0.4 is 4.74 Å². The molecule has 1 aliphatic heterocycles. The van der Waals surface area contributed by atoms with Crippen molar-refractivity contribution in [1.29, 1.82) is 0 Å². The van der Waals surface area contributed by atoms with Crippen LogP contribution >= 0.6 is 0 Å². The lowest BCUT2D eigenvalue weighted by atomic mass is 10.1. The molecule has 134 valence electrons. The van der Waals surface area contributed by atoms with Gasteiger partial charge < -0.3 is 14.2 Å². The molecule has 6 nitrogen and oxygen atoms in total. The van der Waals surface area contributed by atoms with Gasteiger partial charge in [0.25, 0.3) is 0 Å². The summed E-state index contributed by atoms with van der Waals surface area (Å²) in [4.78, 5) is 16.7. The molecule has 0 radical (unpaired) electrons. The number of rotatable bonds is 6. The Bertz CT molecular complexity index is 705. The third kappa shape index (κ3) is 4.82. The largest absolute Gasteiger partial charge is 0.497 e. The summed E-state index contributed by atoms with van der Waals surface area (Å²) in [7, 11) is 1.66. The van der Waals surface area contributed by atoms with E-state index in [9.17, 15) is 4.79 Å². The van der Waals surface area contributed by atoms with Gasteiger partial charge in [-0.25, -0.2) is 0 Å². The molecule has 2 aromatic rings. The first-order valence-corrected chi connectivity index (χ1v) is 8.69. The van der Waals surface area contributed by atoms with E-state index < -0.39 is 0 Å². The molecule has 0 N–H and O–H groups in total. The number of benzene rings is 1. The van der Waals surface area contributed by atoms with Crippen LogP contribution in [0.25, 0.3) is 0 Å². The monoisotopic (exact) mass is 343 g/mol. The van der Waals surface area contributed by atoms with E-state index in [4.69, 9.17) is 9.26 Å². The molecule has 1 amide bonds. The van der Waals surface area contributed by atoms with Gasteiger partial charge in [-0.2, -0.15) is 0 Å². The minimum absolute atomic E-state index is 0.220. The molecule has 1 saturated heterocycles. The average molecular weight is 343 g/mol. The average Bonchev–Trinajstić information content (AvgIpc) is 3.05. The fourth-order valence-corrected chi connectivity index (χ4v) is 3.10. The molecule has 1 fully saturated rings. The Morgan fingerprint density at radius 2 is 2.04 bits per heavy atom. The molecule has 1 aliphatic rings. The second-order valence-corrected chi connectivity index (χ2v) is 6.44. The van der Waals surface area contributed by atoms with E-state index in [-0.39, 0.29) is 5.91 Å². The first kappa shape index (κ1) is 17.5. The maximum Gasteiger partial charge on any atom is 0.222 e. The van der Waals surface area contributed by atoms with E-state index >= 15 is 0 Å². The molecule has 0 aliphatic carbocycles. The van der Waals surface area contributed by atoms with Crippen molar-refractivity contribution in [1.82, 2.24) is 15.0 Å². The first-order chi connectivity index (χ1) is 12.1. The zero-order valence-corrected chi connectivity index (χ0v) is 14.9. The van der Waals surface area contributed by atoms with Crippen LogP contribution in [-0.2, 0) is 17.8 Å². The molecule has 1 aromatic carbocycles. The number of amides is 1. The summed E-state index contributed by atoms with van der Waals surface area (Å²) in [6.45, 7) is 5.95. The van der Waals surface area contributed by atoms with Crippen molar-refractivity contribution in [3.8, 4) is 5.75 Å². The quantitative estimate of drug-likeness (QED) is 0.805. The van der Waals surface area contributed by atoms with Crippen LogP contribution in [0.3, 0.4) is 0 Å². The first-order valence-electron chi connectivity index (χ1n) is 8.69. The summed E-state index contributed by atoms with van der Waals surface area (Å²) in [5, 5.41) is 3.92. The lowest BCUT2D eigenvalue weighted by Gasteiger charge is -2.34. The number of hydrogen-bond donors (Lipinski definition) is 0. The molecule has 0 saturated carbocycles. The number of ether oxygens (including phenoxy) is 1. The summed E-state index contributed by atoms with van der Waals surface area (Å²) < 4.78 is 10.5. The molecule has 2 heterocycles. The Labute approximate surface area is 148 Å². The van der Waals surface area contributed by atoms with Gasteiger partial charge in [-0.05, 0) is 31.0 Å². The van der Waals surface area contributed by atoms with E-state index in [1.165, 1.54) is 0 Å². The van der Waals surface area contributed by atoms with E-state index in [2.05, 4.69) is 10.1 Å². The maximum atomic E-state index is 12.4. The van der Waals surface area contributed by atoms with Crippen LogP contribution in [0.5, 0.6) is 5.75 Å². The van der Waals surface area contributed by atoms with Gasteiger partial charge >= 0.3 is 0 Å². The van der Waals surface area contributed by atoms with Crippen molar-refractivity contribution in [2.24, 2.45) is 0 Å². The molecule has 0 unspecified atom stereocenters. The fourth-order valence-electron chi connectivity index (χ4n) is 3.10. The number of carbonyl (C=O) groups excluding carboxylic acids is 1. The highest BCUT2D eigenvalue weighted by Gasteiger charge is 2.21. The standard InChI is InChI=1S/C19H25N3O3/c1-15-12-18(25-20-15)14-21-8-10-22(11-9-21)19(23)7-6-16-4-3-5-17(13-16)24-2/h3-5,12-13H,6-11,14H2,1-2H3. The molecule has 6 heteroatoms. The summed E-state index contributed by atoms with van der Waals surface area (Å²) in [6, 6.07) is 9.87. The molecule has 25 heavy (non-hydrogen) atoms. The predicted octanol–water partition coefficient (Wildman–Crippen LogP) is 2.27. The van der Waals surface area contributed by atoms with E-state index in [0.29, 0.717) is 6.42 Å². The highest BCUT2D eigenvalue weighted by molar-refractivity contribution is 5.76. The Morgan fingerprint density at radius 1 is 1.24 bits per heavy atom. The van der Waals surface area contributed by atoms with Crippen molar-refractivity contribution in [2.45, 2.75) is 26.3 Å². The maximum absolute atomic E-state index is 12.4. The van der Waals surface area contributed by atoms with Crippen LogP contribution in [0.2, 0.25) is 0 Å². The fraction of sp³-hybridized carbons (Fsp3) is 0.474. The number of aryl methyl sites for hydroxylation is 2. The molecule has 1 aromatic heterocycles. The van der Waals surface area contributed by atoms with Crippen molar-refractivity contribution in [3.05, 3.63) is 47.3 Å². The highest BCUT2D eigenvalue weighted by Crippen LogP contribution is 2.15. The predicted molar refractivity (Wildman–Crippen MR) is 94.4 cm³/mol. The SMILES string of the molecule is COc1cccc(CCC(=O)N2CCN(Cc3cc(C)no3)CC2)c1. The number of hydrogen-bond acceptors (Lipinski definition) is 5. The van der Waals surface area contributed by atoms with Crippen LogP contribution in [0.15, 0.2) is 34.9 Å². The van der Waals surface area contributed by atoms with Crippen molar-refractivity contribution in [3.63, 3.8) is 0 Å². The van der Waals surface area contributed by atoms with Crippen LogP contribution in [-0.4, -0.2) is 54.2 Å². The number of nitrogens with zero attached hydrogens (tertiary/aromatic N) is 3. The molecular formula is C19H25N3O3. The van der Waals surface area contributed by atoms with Gasteiger partial charge in [0.1, 0.15) is 5.75 Å². The topological polar surface area (TPSA) is 58.8 Å². The summed E-state index contributed by atoms with van der Waals surface area (Å²) >= 11 is 0. The number of aromatic nitrogens is 1. The van der Waals surface area contributed by atoms with Gasteiger partial charge in [0.15, 0.2) is 5.76 Å². The zero-order chi connectivity index (χ0) is 17.6. The Balaban J connectivity index is 1.43. The molecule has 0 atom stereocenters. The van der Waals surface area contributed by atoms with E-state index in [1.54, 1.807) is 7.11 Å². The van der Waals surface area contributed by atoms with E-state index in [1.807, 2.05) is 42.2 Å². The van der Waals surface area contributed by atoms with Gasteiger partial charge in [-0.15, -0.1) is 0 Å². The molecule has 3 rings (SSSR count). The van der Waals surface area contributed by atoms with Crippen molar-refractivity contribution in [2.75, 3.05) is 33.3 Å². The van der Waals surface area contributed by atoms with Gasteiger partial charge in [0.05, 0.1) is 19.3 Å². The Hall–Kier alpha value is -2.34. The van der Waals surface area contributed by atoms with Crippen LogP contribution in [0.4, 0.5) is 0 Å². The number of methoxy groups -OCH3 is 1. The van der Waals surface area contributed by atoms with E-state index in [0.717, 1.165) is 61.9 Å². The van der Waals surface area contributed by atoms with Gasteiger partial charge in [0.2, 0.25) is 5.91 Å². The second-order valence-electron chi connectivity index (χ2n) is 6.44. The van der Waals surface area contributed by atoms with Crippen molar-refractivity contribution < 1.29 is 14.1 Å². The normalized spacial score (nSPS) is 15.4. The molecular weight excluding hydrogens is 318 g/mol. The van der Waals surface area contributed by atoms with Crippen LogP contribution in [0, 0.1) is 6.92 Å². The minimum atomic E-state index is 0.220. The summed E-state index contributed by atoms with van der Waals surface area (Å²) in [5.41, 5.74) is 2.04. The second kappa shape index (κ2) is 8.16. The smallest absolute Gasteiger partial charge is 0.222 e. The Morgan fingerprint density at radius 3 is 2.72 bits per heavy atom. The van der Waals surface area contributed by atoms with Gasteiger partial charge in [-0.1, -0.05) is 17.3 Å². The lowest BCUT2D eigenvalue weighted by Crippen LogP contribution is -2.48. The number of carbonyl (C=O) groups is 1. The van der Waals surface area contributed by atoms with Crippen LogP contribution in [0.1, 0.15) is 23.4 Å². The minimum Gasteiger partial charge on any atom is -0.497 e. The third-order valence-electron chi connectivity index (χ3n) is 4.54. The summed E-state index contributed by atoms with van der Waals surface area (Å²) in [5.74, 6) is 1.94. The zero-order valence-electron chi connectivity index (χ0n) is 14.9. The highest BCUT2D eigenvalue weighted by atomic mass is 16.5. The molecule has 0 spiro atoms. The number of piperazine rings is 1. The Kier molecular flexibility index (Phi) is 5.71. The summed E-state index contributed by atoms with van der Waals surface area (Å²) in [6.07, 6.45) is 1.28. The lowest BCUT2D eigenvalue weighted by molar-refractivity contribution is -0.133.